The van der Waals surface area contributed by atoms with E-state index in [0.29, 0.717) is 6.54 Å². The third kappa shape index (κ3) is 7.15. The molecule has 1 aromatic carbocycles. The van der Waals surface area contributed by atoms with Crippen molar-refractivity contribution < 1.29 is 13.2 Å². The summed E-state index contributed by atoms with van der Waals surface area (Å²) in [6.07, 6.45) is 3.35. The Morgan fingerprint density at radius 3 is 2.28 bits per heavy atom. The number of anilines is 2. The maximum Gasteiger partial charge on any atom is 0.216 e. The minimum atomic E-state index is -3.24. The molecule has 1 fully saturated rings. The smallest absolute Gasteiger partial charge is 0.216 e. The number of hydrogen-bond acceptors (Lipinski definition) is 5. The molecule has 7 heteroatoms. The van der Waals surface area contributed by atoms with Gasteiger partial charge >= 0.3 is 0 Å². The van der Waals surface area contributed by atoms with Gasteiger partial charge in [0.25, 0.3) is 0 Å². The van der Waals surface area contributed by atoms with Crippen molar-refractivity contribution in [3.63, 3.8) is 0 Å². The lowest BCUT2D eigenvalue weighted by molar-refractivity contribution is -0.00524. The number of benzene rings is 1. The van der Waals surface area contributed by atoms with Crippen LogP contribution in [-0.4, -0.2) is 51.6 Å². The fourth-order valence-corrected chi connectivity index (χ4v) is 4.42. The highest BCUT2D eigenvalue weighted by atomic mass is 32.2. The van der Waals surface area contributed by atoms with Gasteiger partial charge in [-0.15, -0.1) is 0 Å². The molecule has 1 heterocycles. The van der Waals surface area contributed by atoms with Crippen LogP contribution in [0.2, 0.25) is 0 Å². The molecule has 1 aromatic rings. The van der Waals surface area contributed by atoms with Crippen molar-refractivity contribution in [1.82, 2.24) is 4.72 Å². The van der Waals surface area contributed by atoms with Crippen molar-refractivity contribution in [3.05, 3.63) is 23.8 Å². The molecular formula is C22H39N3O3S. The molecular weight excluding hydrogens is 386 g/mol. The molecule has 6 nitrogen and oxygen atoms in total. The zero-order chi connectivity index (χ0) is 21.7. The molecule has 0 saturated carbocycles. The van der Waals surface area contributed by atoms with E-state index in [1.54, 1.807) is 20.8 Å². The number of rotatable bonds is 9. The third-order valence-electron chi connectivity index (χ3n) is 5.24. The Balaban J connectivity index is 1.72. The molecule has 1 aliphatic heterocycles. The Morgan fingerprint density at radius 2 is 1.69 bits per heavy atom. The molecule has 166 valence electrons. The lowest BCUT2D eigenvalue weighted by Crippen LogP contribution is -2.45. The molecule has 29 heavy (non-hydrogen) atoms. The lowest BCUT2D eigenvalue weighted by Gasteiger charge is -2.37. The molecule has 2 rings (SSSR count). The van der Waals surface area contributed by atoms with Gasteiger partial charge in [-0.05, 0) is 78.1 Å². The van der Waals surface area contributed by atoms with Crippen LogP contribution in [0.4, 0.5) is 11.4 Å². The van der Waals surface area contributed by atoms with E-state index in [1.165, 1.54) is 11.3 Å². The van der Waals surface area contributed by atoms with Crippen molar-refractivity contribution in [2.45, 2.75) is 77.8 Å². The second kappa shape index (κ2) is 10.1. The first kappa shape index (κ1) is 24.0. The number of ether oxygens (including phenoxy) is 1. The topological polar surface area (TPSA) is 70.7 Å². The Hall–Kier alpha value is -1.31. The predicted molar refractivity (Wildman–Crippen MR) is 122 cm³/mol. The van der Waals surface area contributed by atoms with E-state index in [4.69, 9.17) is 4.74 Å². The fourth-order valence-electron chi connectivity index (χ4n) is 3.58. The molecule has 2 N–H and O–H groups in total. The van der Waals surface area contributed by atoms with Crippen LogP contribution >= 0.6 is 0 Å². The van der Waals surface area contributed by atoms with Crippen LogP contribution in [0.15, 0.2) is 18.2 Å². The summed E-state index contributed by atoms with van der Waals surface area (Å²) in [6, 6.07) is 6.55. The zero-order valence-corrected chi connectivity index (χ0v) is 19.7. The standard InChI is InChI=1S/C22H39N3O3S/c1-17-14-20(10-11-21(17)25-15-18(2)28-19(3)16-25)23-12-8-7-9-13-24-29(26,27)22(4,5)6/h10-11,14,18-19,23-24H,7-9,12-13,15-16H2,1-6H3/t18-,19+. The Labute approximate surface area is 177 Å². The summed E-state index contributed by atoms with van der Waals surface area (Å²) >= 11 is 0. The number of nitrogens with one attached hydrogen (secondary N) is 2. The largest absolute Gasteiger partial charge is 0.385 e. The molecule has 0 radical (unpaired) electrons. The van der Waals surface area contributed by atoms with E-state index < -0.39 is 14.8 Å². The summed E-state index contributed by atoms with van der Waals surface area (Å²) in [5, 5.41) is 3.48. The van der Waals surface area contributed by atoms with Gasteiger partial charge in [0.15, 0.2) is 0 Å². The van der Waals surface area contributed by atoms with Gasteiger partial charge in [-0.3, -0.25) is 0 Å². The normalized spacial score (nSPS) is 20.7. The van der Waals surface area contributed by atoms with E-state index in [-0.39, 0.29) is 12.2 Å². The highest BCUT2D eigenvalue weighted by Gasteiger charge is 2.28. The van der Waals surface area contributed by atoms with Crippen molar-refractivity contribution in [1.29, 1.82) is 0 Å². The summed E-state index contributed by atoms with van der Waals surface area (Å²) in [5.74, 6) is 0. The molecule has 0 bridgehead atoms. The molecule has 0 aliphatic carbocycles. The molecule has 0 spiro atoms. The molecule has 2 atom stereocenters. The molecule has 0 unspecified atom stereocenters. The predicted octanol–water partition coefficient (Wildman–Crippen LogP) is 3.91. The summed E-state index contributed by atoms with van der Waals surface area (Å²) < 4.78 is 31.8. The molecule has 0 amide bonds. The number of unbranched alkanes of at least 4 members (excludes halogenated alkanes) is 2. The van der Waals surface area contributed by atoms with Crippen molar-refractivity contribution in [3.8, 4) is 0 Å². The van der Waals surface area contributed by atoms with Gasteiger partial charge in [0, 0.05) is 37.6 Å². The summed E-state index contributed by atoms with van der Waals surface area (Å²) in [5.41, 5.74) is 3.69. The minimum absolute atomic E-state index is 0.254. The van der Waals surface area contributed by atoms with Gasteiger partial charge in [-0.2, -0.15) is 0 Å². The van der Waals surface area contributed by atoms with Gasteiger partial charge < -0.3 is 15.0 Å². The lowest BCUT2D eigenvalue weighted by atomic mass is 10.1. The highest BCUT2D eigenvalue weighted by Crippen LogP contribution is 2.26. The quantitative estimate of drug-likeness (QED) is 0.587. The van der Waals surface area contributed by atoms with Gasteiger partial charge in [-0.25, -0.2) is 13.1 Å². The monoisotopic (exact) mass is 425 g/mol. The maximum absolute atomic E-state index is 12.0. The number of nitrogens with zero attached hydrogens (tertiary/aromatic N) is 1. The van der Waals surface area contributed by atoms with Gasteiger partial charge in [0.1, 0.15) is 0 Å². The first-order valence-electron chi connectivity index (χ1n) is 10.7. The van der Waals surface area contributed by atoms with Gasteiger partial charge in [-0.1, -0.05) is 6.42 Å². The Kier molecular flexibility index (Phi) is 8.37. The minimum Gasteiger partial charge on any atom is -0.385 e. The van der Waals surface area contributed by atoms with E-state index in [0.717, 1.165) is 44.6 Å². The number of aryl methyl sites for hydroxylation is 1. The van der Waals surface area contributed by atoms with Crippen molar-refractivity contribution in [2.75, 3.05) is 36.4 Å². The van der Waals surface area contributed by atoms with Crippen LogP contribution < -0.4 is 14.9 Å². The summed E-state index contributed by atoms with van der Waals surface area (Å²) in [7, 11) is -3.24. The summed E-state index contributed by atoms with van der Waals surface area (Å²) in [4.78, 5) is 2.41. The molecule has 0 aromatic heterocycles. The highest BCUT2D eigenvalue weighted by molar-refractivity contribution is 7.90. The van der Waals surface area contributed by atoms with E-state index in [1.807, 2.05) is 0 Å². The van der Waals surface area contributed by atoms with Crippen LogP contribution in [0, 0.1) is 6.92 Å². The van der Waals surface area contributed by atoms with Gasteiger partial charge in [0.2, 0.25) is 10.0 Å². The number of hydrogen-bond donors (Lipinski definition) is 2. The average molecular weight is 426 g/mol. The van der Waals surface area contributed by atoms with E-state index in [9.17, 15) is 8.42 Å². The maximum atomic E-state index is 12.0. The van der Waals surface area contributed by atoms with Crippen LogP contribution in [0.3, 0.4) is 0 Å². The number of morpholine rings is 1. The fraction of sp³-hybridized carbons (Fsp3) is 0.727. The third-order valence-corrected chi connectivity index (χ3v) is 7.43. The zero-order valence-electron chi connectivity index (χ0n) is 18.9. The Morgan fingerprint density at radius 1 is 1.07 bits per heavy atom. The number of sulfonamides is 1. The van der Waals surface area contributed by atoms with Crippen LogP contribution in [0.5, 0.6) is 0 Å². The molecule has 1 saturated heterocycles. The second-order valence-electron chi connectivity index (χ2n) is 9.16. The van der Waals surface area contributed by atoms with Crippen molar-refractivity contribution >= 4 is 21.4 Å². The van der Waals surface area contributed by atoms with Gasteiger partial charge in [0.05, 0.1) is 17.0 Å². The van der Waals surface area contributed by atoms with Crippen LogP contribution in [0.1, 0.15) is 59.4 Å². The first-order chi connectivity index (χ1) is 13.5. The average Bonchev–Trinajstić information content (AvgIpc) is 2.59. The van der Waals surface area contributed by atoms with E-state index in [2.05, 4.69) is 53.9 Å². The first-order valence-corrected chi connectivity index (χ1v) is 12.2. The molecule has 1 aliphatic rings. The SMILES string of the molecule is Cc1cc(NCCCCCNS(=O)(=O)C(C)(C)C)ccc1N1C[C@@H](C)O[C@@H](C)C1. The summed E-state index contributed by atoms with van der Waals surface area (Å²) in [6.45, 7) is 14.8. The Bertz CT molecular complexity index is 749. The van der Waals surface area contributed by atoms with Crippen molar-refractivity contribution in [2.24, 2.45) is 0 Å². The van der Waals surface area contributed by atoms with E-state index >= 15 is 0 Å². The van der Waals surface area contributed by atoms with Crippen LogP contribution in [-0.2, 0) is 14.8 Å². The van der Waals surface area contributed by atoms with Crippen LogP contribution in [0.25, 0.3) is 0 Å². The second-order valence-corrected chi connectivity index (χ2v) is 11.7.